The number of aromatic nitrogens is 2. The van der Waals surface area contributed by atoms with E-state index in [-0.39, 0.29) is 0 Å². The maximum absolute atomic E-state index is 4.18. The van der Waals surface area contributed by atoms with Gasteiger partial charge >= 0.3 is 0 Å². The Bertz CT molecular complexity index is 515. The minimum absolute atomic E-state index is 0.767. The summed E-state index contributed by atoms with van der Waals surface area (Å²) in [6, 6.07) is 6.07. The van der Waals surface area contributed by atoms with Crippen LogP contribution in [0.25, 0.3) is 0 Å². The van der Waals surface area contributed by atoms with Gasteiger partial charge in [0, 0.05) is 32.4 Å². The average Bonchev–Trinajstić information content (AvgIpc) is 2.61. The topological polar surface area (TPSA) is 40.7 Å². The first kappa shape index (κ1) is 12.6. The summed E-state index contributed by atoms with van der Waals surface area (Å²) in [5.74, 6) is 0. The normalized spacial score (nSPS) is 10.6. The molecule has 2 rings (SSSR count). The Morgan fingerprint density at radius 3 is 2.71 bits per heavy atom. The summed E-state index contributed by atoms with van der Waals surface area (Å²) < 4.78 is 2.11. The van der Waals surface area contributed by atoms with Gasteiger partial charge in [0.25, 0.3) is 0 Å². The first-order valence-electron chi connectivity index (χ1n) is 5.27. The number of rotatable bonds is 3. The fourth-order valence-corrected chi connectivity index (χ4v) is 2.40. The summed E-state index contributed by atoms with van der Waals surface area (Å²) in [4.78, 5) is 0. The summed E-state index contributed by atoms with van der Waals surface area (Å²) in [5, 5.41) is 10.6. The zero-order chi connectivity index (χ0) is 12.4. The molecule has 0 saturated carbocycles. The molecule has 0 saturated heterocycles. The van der Waals surface area contributed by atoms with Gasteiger partial charge in [0.2, 0.25) is 0 Å². The van der Waals surface area contributed by atoms with Crippen molar-refractivity contribution >= 4 is 37.5 Å². The van der Waals surface area contributed by atoms with E-state index >= 15 is 0 Å². The van der Waals surface area contributed by atoms with E-state index in [0.29, 0.717) is 0 Å². The van der Waals surface area contributed by atoms with Crippen molar-refractivity contribution in [1.29, 1.82) is 0 Å². The third-order valence-electron chi connectivity index (χ3n) is 2.66. The zero-order valence-electron chi connectivity index (χ0n) is 9.64. The SMILES string of the molecule is Cc1n[nH]c(C)c1CNc1cc(Br)ccc1Br. The summed E-state index contributed by atoms with van der Waals surface area (Å²) in [6.07, 6.45) is 0. The van der Waals surface area contributed by atoms with Crippen LogP contribution in [-0.4, -0.2) is 10.2 Å². The van der Waals surface area contributed by atoms with Gasteiger partial charge in [0.1, 0.15) is 0 Å². The number of halogens is 2. The first-order chi connectivity index (χ1) is 8.08. The van der Waals surface area contributed by atoms with E-state index in [2.05, 4.69) is 53.4 Å². The molecule has 90 valence electrons. The quantitative estimate of drug-likeness (QED) is 0.864. The van der Waals surface area contributed by atoms with E-state index in [0.717, 1.165) is 32.6 Å². The molecule has 17 heavy (non-hydrogen) atoms. The maximum Gasteiger partial charge on any atom is 0.0643 e. The number of anilines is 1. The van der Waals surface area contributed by atoms with Crippen molar-refractivity contribution in [2.24, 2.45) is 0 Å². The number of nitrogens with zero attached hydrogens (tertiary/aromatic N) is 1. The Kier molecular flexibility index (Phi) is 3.89. The van der Waals surface area contributed by atoms with E-state index in [1.54, 1.807) is 0 Å². The van der Waals surface area contributed by atoms with Crippen molar-refractivity contribution in [3.63, 3.8) is 0 Å². The average molecular weight is 359 g/mol. The molecular weight excluding hydrogens is 346 g/mol. The van der Waals surface area contributed by atoms with Crippen LogP contribution < -0.4 is 5.32 Å². The third kappa shape index (κ3) is 2.90. The summed E-state index contributed by atoms with van der Waals surface area (Å²) in [6.45, 7) is 4.81. The molecule has 0 fully saturated rings. The van der Waals surface area contributed by atoms with Gasteiger partial charge in [-0.3, -0.25) is 5.10 Å². The molecule has 1 heterocycles. The lowest BCUT2D eigenvalue weighted by atomic mass is 10.2. The molecule has 1 aromatic heterocycles. The van der Waals surface area contributed by atoms with Gasteiger partial charge < -0.3 is 5.32 Å². The lowest BCUT2D eigenvalue weighted by Gasteiger charge is -2.09. The predicted octanol–water partition coefficient (Wildman–Crippen LogP) is 4.16. The van der Waals surface area contributed by atoms with Crippen LogP contribution in [0.1, 0.15) is 17.0 Å². The number of H-pyrrole nitrogens is 1. The second kappa shape index (κ2) is 5.23. The Labute approximate surface area is 117 Å². The van der Waals surface area contributed by atoms with Crippen LogP contribution in [-0.2, 0) is 6.54 Å². The summed E-state index contributed by atoms with van der Waals surface area (Å²) >= 11 is 6.99. The van der Waals surface area contributed by atoms with E-state index in [1.165, 1.54) is 5.56 Å². The number of hydrogen-bond donors (Lipinski definition) is 2. The molecule has 1 aromatic carbocycles. The molecular formula is C12H13Br2N3. The van der Waals surface area contributed by atoms with Crippen molar-refractivity contribution in [1.82, 2.24) is 10.2 Å². The zero-order valence-corrected chi connectivity index (χ0v) is 12.8. The van der Waals surface area contributed by atoms with Gasteiger partial charge in [-0.15, -0.1) is 0 Å². The summed E-state index contributed by atoms with van der Waals surface area (Å²) in [5.41, 5.74) is 4.44. The lowest BCUT2D eigenvalue weighted by Crippen LogP contribution is -2.02. The first-order valence-corrected chi connectivity index (χ1v) is 6.86. The van der Waals surface area contributed by atoms with E-state index in [9.17, 15) is 0 Å². The molecule has 0 aliphatic rings. The number of benzene rings is 1. The van der Waals surface area contributed by atoms with Gasteiger partial charge in [-0.25, -0.2) is 0 Å². The van der Waals surface area contributed by atoms with Crippen LogP contribution in [0.3, 0.4) is 0 Å². The van der Waals surface area contributed by atoms with E-state index < -0.39 is 0 Å². The predicted molar refractivity (Wildman–Crippen MR) is 77.2 cm³/mol. The fourth-order valence-electron chi connectivity index (χ4n) is 1.65. The number of aryl methyl sites for hydroxylation is 2. The van der Waals surface area contributed by atoms with Crippen LogP contribution in [0.4, 0.5) is 5.69 Å². The third-order valence-corrected chi connectivity index (χ3v) is 3.85. The van der Waals surface area contributed by atoms with Crippen molar-refractivity contribution < 1.29 is 0 Å². The molecule has 0 spiro atoms. The van der Waals surface area contributed by atoms with Gasteiger partial charge in [-0.1, -0.05) is 15.9 Å². The van der Waals surface area contributed by atoms with Crippen molar-refractivity contribution in [3.05, 3.63) is 44.1 Å². The van der Waals surface area contributed by atoms with Crippen molar-refractivity contribution in [2.45, 2.75) is 20.4 Å². The van der Waals surface area contributed by atoms with E-state index in [1.807, 2.05) is 26.0 Å². The molecule has 0 radical (unpaired) electrons. The maximum atomic E-state index is 4.18. The Morgan fingerprint density at radius 1 is 1.29 bits per heavy atom. The van der Waals surface area contributed by atoms with Crippen molar-refractivity contribution in [3.8, 4) is 0 Å². The second-order valence-electron chi connectivity index (χ2n) is 3.89. The highest BCUT2D eigenvalue weighted by Gasteiger charge is 2.07. The molecule has 2 aromatic rings. The molecule has 0 unspecified atom stereocenters. The standard InChI is InChI=1S/C12H13Br2N3/c1-7-10(8(2)17-16-7)6-15-12-5-9(13)3-4-11(12)14/h3-5,15H,6H2,1-2H3,(H,16,17). The second-order valence-corrected chi connectivity index (χ2v) is 5.66. The van der Waals surface area contributed by atoms with Crippen LogP contribution in [0.15, 0.2) is 27.1 Å². The number of hydrogen-bond acceptors (Lipinski definition) is 2. The van der Waals surface area contributed by atoms with Crippen molar-refractivity contribution in [2.75, 3.05) is 5.32 Å². The van der Waals surface area contributed by atoms with Crippen LogP contribution in [0.2, 0.25) is 0 Å². The largest absolute Gasteiger partial charge is 0.380 e. The Morgan fingerprint density at radius 2 is 2.06 bits per heavy atom. The Hall–Kier alpha value is -0.810. The molecule has 0 amide bonds. The van der Waals surface area contributed by atoms with Gasteiger partial charge in [-0.05, 0) is 48.0 Å². The van der Waals surface area contributed by atoms with Gasteiger partial charge in [0.05, 0.1) is 5.69 Å². The smallest absolute Gasteiger partial charge is 0.0643 e. The highest BCUT2D eigenvalue weighted by atomic mass is 79.9. The van der Waals surface area contributed by atoms with Crippen LogP contribution >= 0.6 is 31.9 Å². The fraction of sp³-hybridized carbons (Fsp3) is 0.250. The molecule has 2 N–H and O–H groups in total. The van der Waals surface area contributed by atoms with Crippen LogP contribution in [0, 0.1) is 13.8 Å². The van der Waals surface area contributed by atoms with Crippen LogP contribution in [0.5, 0.6) is 0 Å². The molecule has 3 nitrogen and oxygen atoms in total. The van der Waals surface area contributed by atoms with Gasteiger partial charge in [-0.2, -0.15) is 5.10 Å². The molecule has 5 heteroatoms. The Balaban J connectivity index is 2.15. The molecule has 0 aliphatic carbocycles. The summed E-state index contributed by atoms with van der Waals surface area (Å²) in [7, 11) is 0. The molecule has 0 bridgehead atoms. The number of aromatic amines is 1. The molecule has 0 aliphatic heterocycles. The highest BCUT2D eigenvalue weighted by Crippen LogP contribution is 2.27. The minimum Gasteiger partial charge on any atom is -0.380 e. The lowest BCUT2D eigenvalue weighted by molar-refractivity contribution is 1.02. The minimum atomic E-state index is 0.767. The van der Waals surface area contributed by atoms with E-state index in [4.69, 9.17) is 0 Å². The highest BCUT2D eigenvalue weighted by molar-refractivity contribution is 9.11. The monoisotopic (exact) mass is 357 g/mol. The van der Waals surface area contributed by atoms with Gasteiger partial charge in [0.15, 0.2) is 0 Å². The molecule has 0 atom stereocenters. The number of nitrogens with one attached hydrogen (secondary N) is 2.